The molecule has 0 fully saturated rings. The number of hydrogen-bond acceptors (Lipinski definition) is 3. The molecule has 1 amide bonds. The minimum absolute atomic E-state index is 0.0553. The summed E-state index contributed by atoms with van der Waals surface area (Å²) in [5.74, 6) is -0.0553. The molecular weight excluding hydrogens is 362 g/mol. The van der Waals surface area contributed by atoms with Crippen molar-refractivity contribution in [3.8, 4) is 0 Å². The summed E-state index contributed by atoms with van der Waals surface area (Å²) in [6.07, 6.45) is 0. The Morgan fingerprint density at radius 2 is 1.78 bits per heavy atom. The Kier molecular flexibility index (Phi) is 6.75. The largest absolute Gasteiger partial charge is 0.345 e. The van der Waals surface area contributed by atoms with Gasteiger partial charge in [0.2, 0.25) is 10.0 Å². The van der Waals surface area contributed by atoms with Crippen LogP contribution in [0.4, 0.5) is 0 Å². The van der Waals surface area contributed by atoms with Crippen LogP contribution in [-0.2, 0) is 21.4 Å². The Hall–Kier alpha value is -2.22. The van der Waals surface area contributed by atoms with Crippen molar-refractivity contribution in [3.05, 3.63) is 64.7 Å². The lowest BCUT2D eigenvalue weighted by Gasteiger charge is -2.18. The van der Waals surface area contributed by atoms with E-state index in [4.69, 9.17) is 5.14 Å². The summed E-state index contributed by atoms with van der Waals surface area (Å²) >= 11 is 0. The molecule has 0 heterocycles. The summed E-state index contributed by atoms with van der Waals surface area (Å²) < 4.78 is 22.6. The smallest absolute Gasteiger partial charge is 0.275 e. The molecule has 2 aromatic rings. The van der Waals surface area contributed by atoms with Crippen LogP contribution >= 0.6 is 0 Å². The van der Waals surface area contributed by atoms with Gasteiger partial charge in [-0.1, -0.05) is 35.9 Å². The molecule has 0 aromatic heterocycles. The van der Waals surface area contributed by atoms with Crippen LogP contribution in [0.15, 0.2) is 47.4 Å². The quantitative estimate of drug-likeness (QED) is 0.654. The van der Waals surface area contributed by atoms with Crippen LogP contribution in [0.5, 0.6) is 0 Å². The van der Waals surface area contributed by atoms with Crippen molar-refractivity contribution >= 4 is 15.9 Å². The van der Waals surface area contributed by atoms with Crippen LogP contribution in [0.3, 0.4) is 0 Å². The van der Waals surface area contributed by atoms with Crippen molar-refractivity contribution < 1.29 is 18.1 Å². The molecule has 2 atom stereocenters. The fourth-order valence-electron chi connectivity index (χ4n) is 3.03. The summed E-state index contributed by atoms with van der Waals surface area (Å²) in [6, 6.07) is 12.4. The molecule has 27 heavy (non-hydrogen) atoms. The molecule has 146 valence electrons. The van der Waals surface area contributed by atoms with E-state index in [1.54, 1.807) is 12.1 Å². The van der Waals surface area contributed by atoms with Crippen LogP contribution in [0, 0.1) is 13.8 Å². The van der Waals surface area contributed by atoms with Gasteiger partial charge in [-0.05, 0) is 44.0 Å². The Morgan fingerprint density at radius 3 is 2.33 bits per heavy atom. The fourth-order valence-corrected chi connectivity index (χ4v) is 3.54. The van der Waals surface area contributed by atoms with E-state index in [2.05, 4.69) is 37.4 Å². The van der Waals surface area contributed by atoms with Crippen LogP contribution < -0.4 is 15.4 Å². The highest BCUT2D eigenvalue weighted by Gasteiger charge is 2.16. The Balaban J connectivity index is 1.92. The number of carbonyl (C=O) groups excluding carboxylic acids is 1. The van der Waals surface area contributed by atoms with Gasteiger partial charge >= 0.3 is 0 Å². The summed E-state index contributed by atoms with van der Waals surface area (Å²) in [6.45, 7) is 7.15. The van der Waals surface area contributed by atoms with Crippen LogP contribution in [0.1, 0.15) is 35.2 Å². The third kappa shape index (κ3) is 6.16. The standard InChI is InChI=1S/C20H27N3O3S/c1-14-5-6-18(15(2)11-14)12-23(4)13-20(24)22-16(3)17-7-9-19(10-8-17)27(21,25)26/h5-11,16H,12-13H2,1-4H3,(H,22,24)(H2,21,25,26)/p+1/t16-/m1/s1. The average Bonchev–Trinajstić information content (AvgIpc) is 2.56. The van der Waals surface area contributed by atoms with Gasteiger partial charge in [-0.15, -0.1) is 0 Å². The number of benzene rings is 2. The number of nitrogens with one attached hydrogen (secondary N) is 2. The van der Waals surface area contributed by atoms with E-state index in [0.717, 1.165) is 17.0 Å². The topological polar surface area (TPSA) is 93.7 Å². The Morgan fingerprint density at radius 1 is 1.15 bits per heavy atom. The Labute approximate surface area is 161 Å². The minimum Gasteiger partial charge on any atom is -0.345 e. The second-order valence-corrected chi connectivity index (χ2v) is 8.71. The first-order valence-corrected chi connectivity index (χ1v) is 10.4. The first-order chi connectivity index (χ1) is 12.6. The van der Waals surface area contributed by atoms with E-state index in [1.165, 1.54) is 28.8 Å². The lowest BCUT2D eigenvalue weighted by atomic mass is 10.1. The number of likely N-dealkylation sites (N-methyl/N-ethyl adjacent to an activating group) is 1. The summed E-state index contributed by atoms with van der Waals surface area (Å²) in [4.78, 5) is 13.5. The molecule has 0 aliphatic carbocycles. The average molecular weight is 391 g/mol. The second kappa shape index (κ2) is 8.65. The van der Waals surface area contributed by atoms with Gasteiger partial charge in [-0.25, -0.2) is 13.6 Å². The van der Waals surface area contributed by atoms with E-state index in [-0.39, 0.29) is 16.8 Å². The van der Waals surface area contributed by atoms with Crippen LogP contribution in [0.25, 0.3) is 0 Å². The van der Waals surface area contributed by atoms with E-state index in [0.29, 0.717) is 6.54 Å². The summed E-state index contributed by atoms with van der Waals surface area (Å²) in [5, 5.41) is 8.05. The number of rotatable bonds is 7. The number of nitrogens with two attached hydrogens (primary N) is 1. The zero-order valence-corrected chi connectivity index (χ0v) is 17.1. The molecule has 0 aliphatic heterocycles. The van der Waals surface area contributed by atoms with Crippen molar-refractivity contribution in [2.45, 2.75) is 38.3 Å². The van der Waals surface area contributed by atoms with Crippen LogP contribution in [-0.4, -0.2) is 27.9 Å². The van der Waals surface area contributed by atoms with E-state index in [9.17, 15) is 13.2 Å². The number of aryl methyl sites for hydroxylation is 2. The molecule has 0 radical (unpaired) electrons. The molecule has 1 unspecified atom stereocenters. The van der Waals surface area contributed by atoms with E-state index >= 15 is 0 Å². The zero-order chi connectivity index (χ0) is 20.2. The highest BCUT2D eigenvalue weighted by molar-refractivity contribution is 7.89. The lowest BCUT2D eigenvalue weighted by molar-refractivity contribution is -0.885. The van der Waals surface area contributed by atoms with Crippen molar-refractivity contribution in [2.24, 2.45) is 5.14 Å². The zero-order valence-electron chi connectivity index (χ0n) is 16.2. The highest BCUT2D eigenvalue weighted by atomic mass is 32.2. The van der Waals surface area contributed by atoms with Gasteiger partial charge in [0.1, 0.15) is 6.54 Å². The third-order valence-corrected chi connectivity index (χ3v) is 5.47. The Bertz CT molecular complexity index is 909. The molecule has 7 heteroatoms. The molecule has 4 N–H and O–H groups in total. The van der Waals surface area contributed by atoms with Gasteiger partial charge in [0.05, 0.1) is 18.0 Å². The monoisotopic (exact) mass is 390 g/mol. The van der Waals surface area contributed by atoms with Crippen molar-refractivity contribution in [1.82, 2.24) is 5.32 Å². The third-order valence-electron chi connectivity index (χ3n) is 4.54. The normalized spacial score (nSPS) is 13.8. The van der Waals surface area contributed by atoms with E-state index < -0.39 is 10.0 Å². The van der Waals surface area contributed by atoms with Crippen molar-refractivity contribution in [1.29, 1.82) is 0 Å². The van der Waals surface area contributed by atoms with Gasteiger partial charge in [-0.2, -0.15) is 0 Å². The van der Waals surface area contributed by atoms with Gasteiger partial charge < -0.3 is 10.2 Å². The molecule has 2 aromatic carbocycles. The second-order valence-electron chi connectivity index (χ2n) is 7.14. The molecule has 6 nitrogen and oxygen atoms in total. The van der Waals surface area contributed by atoms with Gasteiger partial charge in [0.15, 0.2) is 6.54 Å². The van der Waals surface area contributed by atoms with Gasteiger partial charge in [0.25, 0.3) is 5.91 Å². The number of amides is 1. The first-order valence-electron chi connectivity index (χ1n) is 8.86. The SMILES string of the molecule is Cc1ccc(C[NH+](C)CC(=O)N[C@H](C)c2ccc(S(N)(=O)=O)cc2)c(C)c1. The number of hydrogen-bond donors (Lipinski definition) is 3. The molecule has 0 bridgehead atoms. The first kappa shape index (κ1) is 21.1. The van der Waals surface area contributed by atoms with Gasteiger partial charge in [-0.3, -0.25) is 4.79 Å². The lowest BCUT2D eigenvalue weighted by Crippen LogP contribution is -3.09. The van der Waals surface area contributed by atoms with Crippen LogP contribution in [0.2, 0.25) is 0 Å². The van der Waals surface area contributed by atoms with Gasteiger partial charge in [0, 0.05) is 5.56 Å². The van der Waals surface area contributed by atoms with Crippen molar-refractivity contribution in [2.75, 3.05) is 13.6 Å². The minimum atomic E-state index is -3.71. The molecule has 0 saturated heterocycles. The highest BCUT2D eigenvalue weighted by Crippen LogP contribution is 2.15. The number of primary sulfonamides is 1. The molecular formula is C20H28N3O3S+. The summed E-state index contributed by atoms with van der Waals surface area (Å²) in [7, 11) is -1.72. The predicted molar refractivity (Wildman–Crippen MR) is 106 cm³/mol. The predicted octanol–water partition coefficient (Wildman–Crippen LogP) is 0.843. The maximum Gasteiger partial charge on any atom is 0.275 e. The molecule has 2 rings (SSSR count). The number of quaternary nitrogens is 1. The maximum atomic E-state index is 12.3. The van der Waals surface area contributed by atoms with Crippen molar-refractivity contribution in [3.63, 3.8) is 0 Å². The molecule has 0 saturated carbocycles. The fraction of sp³-hybridized carbons (Fsp3) is 0.350. The molecule has 0 spiro atoms. The van der Waals surface area contributed by atoms with E-state index in [1.807, 2.05) is 14.0 Å². The molecule has 0 aliphatic rings. The summed E-state index contributed by atoms with van der Waals surface area (Å²) in [5.41, 5.74) is 4.52. The maximum absolute atomic E-state index is 12.3. The number of carbonyl (C=O) groups is 1. The number of sulfonamides is 1.